The van der Waals surface area contributed by atoms with Gasteiger partial charge in [0.05, 0.1) is 11.4 Å². The number of amides is 1. The van der Waals surface area contributed by atoms with Crippen molar-refractivity contribution in [1.82, 2.24) is 4.31 Å². The lowest BCUT2D eigenvalue weighted by Gasteiger charge is -2.31. The summed E-state index contributed by atoms with van der Waals surface area (Å²) in [6.45, 7) is -0.226. The van der Waals surface area contributed by atoms with Crippen LogP contribution >= 0.6 is 0 Å². The number of carboxylic acid groups (broad SMARTS) is 1. The van der Waals surface area contributed by atoms with Gasteiger partial charge < -0.3 is 21.3 Å². The van der Waals surface area contributed by atoms with E-state index in [0.717, 1.165) is 12.1 Å². The first-order valence-electron chi connectivity index (χ1n) is 11.5. The summed E-state index contributed by atoms with van der Waals surface area (Å²) in [6, 6.07) is 13.7. The van der Waals surface area contributed by atoms with Gasteiger partial charge in [0.2, 0.25) is 15.9 Å². The number of benzene rings is 3. The predicted molar refractivity (Wildman–Crippen MR) is 133 cm³/mol. The minimum atomic E-state index is -4.09. The van der Waals surface area contributed by atoms with Crippen LogP contribution in [0.4, 0.5) is 8.78 Å². The Hall–Kier alpha value is -3.87. The molecule has 0 spiro atoms. The number of sulfonamides is 1. The number of primary amides is 1. The molecule has 2 atom stereocenters. The van der Waals surface area contributed by atoms with Gasteiger partial charge in [-0.1, -0.05) is 18.2 Å². The second-order valence-corrected chi connectivity index (χ2v) is 10.9. The second-order valence-electron chi connectivity index (χ2n) is 9.00. The molecule has 0 saturated carbocycles. The molecule has 1 amide bonds. The van der Waals surface area contributed by atoms with E-state index < -0.39 is 45.2 Å². The molecule has 12 heteroatoms. The minimum absolute atomic E-state index is 0.000431. The van der Waals surface area contributed by atoms with Gasteiger partial charge in [-0.3, -0.25) is 9.59 Å². The summed E-state index contributed by atoms with van der Waals surface area (Å²) >= 11 is 0. The van der Waals surface area contributed by atoms with Gasteiger partial charge in [0.15, 0.2) is 11.6 Å². The molecule has 0 radical (unpaired) electrons. The molecular weight excluding hydrogens is 520 g/mol. The maximum Gasteiger partial charge on any atom is 0.320 e. The normalized spacial score (nSPS) is 18.7. The Morgan fingerprint density at radius 3 is 2.39 bits per heavy atom. The van der Waals surface area contributed by atoms with E-state index in [-0.39, 0.29) is 47.7 Å². The molecule has 1 aliphatic rings. The van der Waals surface area contributed by atoms with Gasteiger partial charge in [0, 0.05) is 18.5 Å². The Kier molecular flexibility index (Phi) is 7.49. The zero-order chi connectivity index (χ0) is 27.7. The number of nitrogens with zero attached hydrogens (tertiary/aromatic N) is 1. The topological polar surface area (TPSA) is 153 Å². The van der Waals surface area contributed by atoms with Crippen LogP contribution in [-0.2, 0) is 26.8 Å². The Bertz CT molecular complexity index is 1480. The van der Waals surface area contributed by atoms with Gasteiger partial charge in [-0.05, 0) is 66.1 Å². The Balaban J connectivity index is 1.67. The smallest absolute Gasteiger partial charge is 0.320 e. The molecule has 3 aromatic rings. The molecule has 3 aromatic carbocycles. The van der Waals surface area contributed by atoms with Gasteiger partial charge in [-0.15, -0.1) is 0 Å². The van der Waals surface area contributed by atoms with E-state index in [2.05, 4.69) is 0 Å². The van der Waals surface area contributed by atoms with Crippen LogP contribution in [0.5, 0.6) is 5.75 Å². The van der Waals surface area contributed by atoms with E-state index in [0.29, 0.717) is 5.56 Å². The van der Waals surface area contributed by atoms with Crippen molar-refractivity contribution < 1.29 is 36.6 Å². The molecule has 0 aliphatic carbocycles. The largest absolute Gasteiger partial charge is 0.481 e. The average molecular weight is 546 g/mol. The first kappa shape index (κ1) is 27.2. The van der Waals surface area contributed by atoms with Crippen LogP contribution in [-0.4, -0.2) is 48.8 Å². The summed E-state index contributed by atoms with van der Waals surface area (Å²) in [4.78, 5) is 22.4. The Morgan fingerprint density at radius 2 is 1.76 bits per heavy atom. The first-order valence-corrected chi connectivity index (χ1v) is 13.0. The number of carbonyl (C=O) groups excluding carboxylic acids is 1. The first-order chi connectivity index (χ1) is 17.9. The van der Waals surface area contributed by atoms with E-state index in [9.17, 15) is 26.8 Å². The van der Waals surface area contributed by atoms with Gasteiger partial charge in [0.1, 0.15) is 17.4 Å². The number of hydrogen-bond acceptors (Lipinski definition) is 6. The third-order valence-corrected chi connectivity index (χ3v) is 8.24. The highest BCUT2D eigenvalue weighted by Gasteiger charge is 2.46. The molecule has 200 valence electrons. The van der Waals surface area contributed by atoms with Crippen LogP contribution < -0.4 is 16.2 Å². The summed E-state index contributed by atoms with van der Waals surface area (Å²) < 4.78 is 62.4. The Labute approximate surface area is 217 Å². The molecule has 9 nitrogen and oxygen atoms in total. The molecule has 4 rings (SSSR count). The van der Waals surface area contributed by atoms with Crippen LogP contribution in [0.1, 0.15) is 27.9 Å². The fourth-order valence-corrected chi connectivity index (χ4v) is 5.91. The van der Waals surface area contributed by atoms with Crippen molar-refractivity contribution in [2.75, 3.05) is 13.1 Å². The number of halogens is 2. The molecule has 1 aliphatic heterocycles. The predicted octanol–water partition coefficient (Wildman–Crippen LogP) is 2.39. The molecule has 1 unspecified atom stereocenters. The lowest BCUT2D eigenvalue weighted by atomic mass is 9.92. The number of ether oxygens (including phenoxy) is 1. The maximum atomic E-state index is 14.2. The van der Waals surface area contributed by atoms with Crippen LogP contribution in [0.3, 0.4) is 0 Å². The number of aliphatic carboxylic acids is 1. The summed E-state index contributed by atoms with van der Waals surface area (Å²) in [6.07, 6.45) is 0.0420. The third kappa shape index (κ3) is 5.52. The lowest BCUT2D eigenvalue weighted by Crippen LogP contribution is -2.39. The van der Waals surface area contributed by atoms with E-state index >= 15 is 0 Å². The highest BCUT2D eigenvalue weighted by Crippen LogP contribution is 2.40. The standard InChI is InChI=1S/C26H25F2N3O6S/c27-21-9-6-18(14-22(21)28)26(37-19-7-4-17(5-8-19)24(30)32)10-11-31(15-26)38(35,36)20-3-1-2-16(12-20)13-23(29)25(33)34/h1-9,12,14,23H,10-11,13,15,29H2,(H2,30,32)(H,33,34)/t23-,26?/m0/s1. The fourth-order valence-electron chi connectivity index (χ4n) is 4.35. The zero-order valence-electron chi connectivity index (χ0n) is 20.0. The van der Waals surface area contributed by atoms with Crippen LogP contribution in [0.2, 0.25) is 0 Å². The monoisotopic (exact) mass is 545 g/mol. The second kappa shape index (κ2) is 10.5. The van der Waals surface area contributed by atoms with Crippen molar-refractivity contribution in [3.05, 3.63) is 95.1 Å². The van der Waals surface area contributed by atoms with Crippen LogP contribution in [0.25, 0.3) is 0 Å². The Morgan fingerprint density at radius 1 is 1.05 bits per heavy atom. The number of rotatable bonds is 9. The third-order valence-electron chi connectivity index (χ3n) is 6.40. The van der Waals surface area contributed by atoms with Gasteiger partial charge in [-0.25, -0.2) is 17.2 Å². The van der Waals surface area contributed by atoms with Crippen LogP contribution in [0.15, 0.2) is 71.6 Å². The molecule has 0 bridgehead atoms. The van der Waals surface area contributed by atoms with Crippen molar-refractivity contribution in [3.8, 4) is 5.75 Å². The highest BCUT2D eigenvalue weighted by molar-refractivity contribution is 7.89. The van der Waals surface area contributed by atoms with Crippen molar-refractivity contribution >= 4 is 21.9 Å². The van der Waals surface area contributed by atoms with Crippen molar-refractivity contribution in [2.45, 2.75) is 29.4 Å². The number of nitrogens with two attached hydrogens (primary N) is 2. The van der Waals surface area contributed by atoms with Gasteiger partial charge >= 0.3 is 5.97 Å². The summed E-state index contributed by atoms with van der Waals surface area (Å²) in [7, 11) is -4.09. The van der Waals surface area contributed by atoms with Crippen molar-refractivity contribution in [2.24, 2.45) is 11.5 Å². The SMILES string of the molecule is NC(=O)c1ccc(OC2(c3ccc(F)c(F)c3)CCN(S(=O)(=O)c3cccc(C[C@H](N)C(=O)O)c3)C2)cc1. The average Bonchev–Trinajstić information content (AvgIpc) is 3.32. The molecule has 38 heavy (non-hydrogen) atoms. The molecule has 1 heterocycles. The molecular formula is C26H25F2N3O6S. The van der Waals surface area contributed by atoms with Gasteiger partial charge in [-0.2, -0.15) is 4.31 Å². The zero-order valence-corrected chi connectivity index (χ0v) is 20.8. The maximum absolute atomic E-state index is 14.2. The van der Waals surface area contributed by atoms with E-state index in [1.165, 1.54) is 52.8 Å². The molecule has 1 saturated heterocycles. The van der Waals surface area contributed by atoms with Crippen molar-refractivity contribution in [3.63, 3.8) is 0 Å². The fraction of sp³-hybridized carbons (Fsp3) is 0.231. The lowest BCUT2D eigenvalue weighted by molar-refractivity contribution is -0.138. The van der Waals surface area contributed by atoms with Crippen LogP contribution in [0, 0.1) is 11.6 Å². The number of carbonyl (C=O) groups is 2. The highest BCUT2D eigenvalue weighted by atomic mass is 32.2. The quantitative estimate of drug-likeness (QED) is 0.373. The molecule has 0 aromatic heterocycles. The number of hydrogen-bond donors (Lipinski definition) is 3. The summed E-state index contributed by atoms with van der Waals surface area (Å²) in [5.41, 5.74) is 10.4. The van der Waals surface area contributed by atoms with Gasteiger partial charge in [0.25, 0.3) is 0 Å². The molecule has 1 fully saturated rings. The molecule has 5 N–H and O–H groups in total. The summed E-state index contributed by atoms with van der Waals surface area (Å²) in [5.74, 6) is -3.76. The van der Waals surface area contributed by atoms with E-state index in [4.69, 9.17) is 21.3 Å². The summed E-state index contributed by atoms with van der Waals surface area (Å²) in [5, 5.41) is 9.07. The number of carboxylic acids is 1. The van der Waals surface area contributed by atoms with E-state index in [1.807, 2.05) is 0 Å². The van der Waals surface area contributed by atoms with E-state index in [1.54, 1.807) is 6.07 Å². The van der Waals surface area contributed by atoms with Crippen molar-refractivity contribution in [1.29, 1.82) is 0 Å². The minimum Gasteiger partial charge on any atom is -0.481 e.